The first-order valence-corrected chi connectivity index (χ1v) is 4.13. The fraction of sp³-hybridized carbons (Fsp3) is 0.750. The van der Waals surface area contributed by atoms with Crippen LogP contribution in [0.2, 0.25) is 0 Å². The average molecular weight is 170 g/mol. The number of rotatable bonds is 2. The highest BCUT2D eigenvalue weighted by molar-refractivity contribution is 5.90. The minimum absolute atomic E-state index is 0.0397. The number of piperidine rings is 1. The van der Waals surface area contributed by atoms with Gasteiger partial charge < -0.3 is 10.6 Å². The molecule has 12 heavy (non-hydrogen) atoms. The first kappa shape index (κ1) is 9.19. The highest BCUT2D eigenvalue weighted by Gasteiger charge is 2.28. The van der Waals surface area contributed by atoms with Crippen molar-refractivity contribution in [3.8, 4) is 0 Å². The van der Waals surface area contributed by atoms with E-state index in [4.69, 9.17) is 0 Å². The molecule has 0 aromatic carbocycles. The molecule has 1 fully saturated rings. The molecule has 0 bridgehead atoms. The largest absolute Gasteiger partial charge is 0.345 e. The summed E-state index contributed by atoms with van der Waals surface area (Å²) in [4.78, 5) is 22.1. The van der Waals surface area contributed by atoms with Crippen LogP contribution >= 0.6 is 0 Å². The first-order chi connectivity index (χ1) is 5.65. The van der Waals surface area contributed by atoms with Gasteiger partial charge in [0.25, 0.3) is 0 Å². The third-order valence-electron chi connectivity index (χ3n) is 2.22. The Morgan fingerprint density at radius 3 is 2.67 bits per heavy atom. The van der Waals surface area contributed by atoms with E-state index >= 15 is 0 Å². The molecule has 1 saturated heterocycles. The molecule has 0 aromatic heterocycles. The minimum atomic E-state index is -0.262. The fourth-order valence-electron chi connectivity index (χ4n) is 1.39. The van der Waals surface area contributed by atoms with E-state index in [1.165, 1.54) is 6.92 Å². The monoisotopic (exact) mass is 170 g/mol. The SMILES string of the molecule is CN[C@H]1CC[C@@H](C(C)=O)NC1=O. The number of hydrogen-bond donors (Lipinski definition) is 2. The molecule has 1 amide bonds. The van der Waals surface area contributed by atoms with Crippen molar-refractivity contribution < 1.29 is 9.59 Å². The lowest BCUT2D eigenvalue weighted by Crippen LogP contribution is -2.53. The number of likely N-dealkylation sites (N-methyl/N-ethyl adjacent to an activating group) is 1. The first-order valence-electron chi connectivity index (χ1n) is 4.13. The van der Waals surface area contributed by atoms with E-state index < -0.39 is 0 Å². The number of ketones is 1. The topological polar surface area (TPSA) is 58.2 Å². The highest BCUT2D eigenvalue weighted by Crippen LogP contribution is 2.09. The van der Waals surface area contributed by atoms with Gasteiger partial charge in [0.15, 0.2) is 5.78 Å². The lowest BCUT2D eigenvalue weighted by Gasteiger charge is -2.27. The van der Waals surface area contributed by atoms with Gasteiger partial charge in [-0.3, -0.25) is 9.59 Å². The van der Waals surface area contributed by atoms with Crippen molar-refractivity contribution in [1.82, 2.24) is 10.6 Å². The molecule has 0 spiro atoms. The Kier molecular flexibility index (Phi) is 2.81. The highest BCUT2D eigenvalue weighted by atomic mass is 16.2. The van der Waals surface area contributed by atoms with Gasteiger partial charge in [-0.25, -0.2) is 0 Å². The predicted octanol–water partition coefficient (Wildman–Crippen LogP) is -0.558. The van der Waals surface area contributed by atoms with Crippen LogP contribution in [0.25, 0.3) is 0 Å². The van der Waals surface area contributed by atoms with Gasteiger partial charge >= 0.3 is 0 Å². The predicted molar refractivity (Wildman–Crippen MR) is 44.7 cm³/mol. The number of hydrogen-bond acceptors (Lipinski definition) is 3. The van der Waals surface area contributed by atoms with Crippen LogP contribution in [0.15, 0.2) is 0 Å². The summed E-state index contributed by atoms with van der Waals surface area (Å²) < 4.78 is 0. The molecule has 1 aliphatic heterocycles. The van der Waals surface area contributed by atoms with E-state index in [0.29, 0.717) is 0 Å². The van der Waals surface area contributed by atoms with E-state index in [1.807, 2.05) is 0 Å². The fourth-order valence-corrected chi connectivity index (χ4v) is 1.39. The number of carbonyl (C=O) groups excluding carboxylic acids is 2. The molecule has 4 heteroatoms. The lowest BCUT2D eigenvalue weighted by atomic mass is 9.98. The molecule has 4 nitrogen and oxygen atoms in total. The average Bonchev–Trinajstić information content (AvgIpc) is 2.04. The van der Waals surface area contributed by atoms with E-state index in [9.17, 15) is 9.59 Å². The van der Waals surface area contributed by atoms with Gasteiger partial charge in [-0.2, -0.15) is 0 Å². The zero-order valence-corrected chi connectivity index (χ0v) is 7.39. The molecule has 0 aromatic rings. The van der Waals surface area contributed by atoms with Crippen LogP contribution in [0.1, 0.15) is 19.8 Å². The molecule has 1 heterocycles. The van der Waals surface area contributed by atoms with Crippen molar-refractivity contribution in [3.63, 3.8) is 0 Å². The normalized spacial score (nSPS) is 29.7. The molecular formula is C8H14N2O2. The number of carbonyl (C=O) groups is 2. The van der Waals surface area contributed by atoms with Crippen LogP contribution in [-0.4, -0.2) is 30.8 Å². The standard InChI is InChI=1S/C8H14N2O2/c1-5(11)6-3-4-7(9-2)8(12)10-6/h6-7,9H,3-4H2,1-2H3,(H,10,12)/t6-,7-/m0/s1. The van der Waals surface area contributed by atoms with Gasteiger partial charge in [0.1, 0.15) is 0 Å². The van der Waals surface area contributed by atoms with E-state index in [0.717, 1.165) is 12.8 Å². The van der Waals surface area contributed by atoms with Crippen LogP contribution in [-0.2, 0) is 9.59 Å². The second kappa shape index (κ2) is 3.67. The van der Waals surface area contributed by atoms with Crippen LogP contribution in [0, 0.1) is 0 Å². The Hall–Kier alpha value is -0.900. The molecule has 68 valence electrons. The van der Waals surface area contributed by atoms with Gasteiger partial charge in [-0.05, 0) is 26.8 Å². The Morgan fingerprint density at radius 1 is 1.58 bits per heavy atom. The Balaban J connectivity index is 2.52. The quantitative estimate of drug-likeness (QED) is 0.584. The van der Waals surface area contributed by atoms with Crippen molar-refractivity contribution in [1.29, 1.82) is 0 Å². The molecule has 0 saturated carbocycles. The van der Waals surface area contributed by atoms with E-state index in [-0.39, 0.29) is 23.8 Å². The van der Waals surface area contributed by atoms with Crippen molar-refractivity contribution in [3.05, 3.63) is 0 Å². The third kappa shape index (κ3) is 1.82. The minimum Gasteiger partial charge on any atom is -0.345 e. The molecule has 1 rings (SSSR count). The zero-order chi connectivity index (χ0) is 9.14. The van der Waals surface area contributed by atoms with Crippen molar-refractivity contribution >= 4 is 11.7 Å². The van der Waals surface area contributed by atoms with Gasteiger partial charge in [-0.1, -0.05) is 0 Å². The maximum absolute atomic E-state index is 11.2. The van der Waals surface area contributed by atoms with Crippen molar-refractivity contribution in [2.45, 2.75) is 31.8 Å². The van der Waals surface area contributed by atoms with Gasteiger partial charge in [0.05, 0.1) is 12.1 Å². The van der Waals surface area contributed by atoms with Crippen LogP contribution in [0.4, 0.5) is 0 Å². The van der Waals surface area contributed by atoms with Crippen molar-refractivity contribution in [2.24, 2.45) is 0 Å². The van der Waals surface area contributed by atoms with E-state index in [2.05, 4.69) is 10.6 Å². The molecule has 0 aliphatic carbocycles. The molecule has 0 unspecified atom stereocenters. The number of amides is 1. The van der Waals surface area contributed by atoms with Crippen molar-refractivity contribution in [2.75, 3.05) is 7.05 Å². The van der Waals surface area contributed by atoms with E-state index in [1.54, 1.807) is 7.05 Å². The second-order valence-corrected chi connectivity index (χ2v) is 3.09. The third-order valence-corrected chi connectivity index (χ3v) is 2.22. The number of nitrogens with one attached hydrogen (secondary N) is 2. The van der Waals surface area contributed by atoms with Gasteiger partial charge in [-0.15, -0.1) is 0 Å². The summed E-state index contributed by atoms with van der Waals surface area (Å²) in [6.07, 6.45) is 1.49. The Morgan fingerprint density at radius 2 is 2.25 bits per heavy atom. The molecule has 2 atom stereocenters. The summed E-state index contributed by atoms with van der Waals surface area (Å²) in [5.41, 5.74) is 0. The van der Waals surface area contributed by atoms with Crippen LogP contribution in [0.3, 0.4) is 0 Å². The zero-order valence-electron chi connectivity index (χ0n) is 7.39. The summed E-state index contributed by atoms with van der Waals surface area (Å²) in [6.45, 7) is 1.50. The summed E-state index contributed by atoms with van der Waals surface area (Å²) in [5.74, 6) is -0.0261. The maximum Gasteiger partial charge on any atom is 0.237 e. The molecule has 2 N–H and O–H groups in total. The van der Waals surface area contributed by atoms with Crippen LogP contribution < -0.4 is 10.6 Å². The maximum atomic E-state index is 11.2. The smallest absolute Gasteiger partial charge is 0.237 e. The Labute approximate surface area is 71.7 Å². The summed E-state index contributed by atoms with van der Waals surface area (Å²) in [6, 6.07) is -0.386. The van der Waals surface area contributed by atoms with Crippen LogP contribution in [0.5, 0.6) is 0 Å². The Bertz CT molecular complexity index is 203. The van der Waals surface area contributed by atoms with Gasteiger partial charge in [0.2, 0.25) is 5.91 Å². The second-order valence-electron chi connectivity index (χ2n) is 3.09. The van der Waals surface area contributed by atoms with Gasteiger partial charge in [0, 0.05) is 0 Å². The molecular weight excluding hydrogens is 156 g/mol. The summed E-state index contributed by atoms with van der Waals surface area (Å²) >= 11 is 0. The summed E-state index contributed by atoms with van der Waals surface area (Å²) in [7, 11) is 1.75. The number of Topliss-reactive ketones (excluding diaryl/α,β-unsaturated/α-hetero) is 1. The lowest BCUT2D eigenvalue weighted by molar-refractivity contribution is -0.130. The summed E-state index contributed by atoms with van der Waals surface area (Å²) in [5, 5.41) is 5.56. The molecule has 0 radical (unpaired) electrons. The molecule has 1 aliphatic rings.